The molecule has 3 N–H and O–H groups in total. The molecule has 21 heavy (non-hydrogen) atoms. The molecule has 2 aliphatic heterocycles. The Hall–Kier alpha value is -0.0700. The highest BCUT2D eigenvalue weighted by Crippen LogP contribution is 2.19. The topological polar surface area (TPSA) is 67.6 Å². The number of carbonyl (C=O) groups is 1. The minimum Gasteiger partial charge on any atom is -0.364 e. The van der Waals surface area contributed by atoms with E-state index in [1.165, 1.54) is 19.3 Å². The third-order valence-corrected chi connectivity index (χ3v) is 4.30. The van der Waals surface area contributed by atoms with Crippen molar-refractivity contribution in [3.8, 4) is 0 Å². The summed E-state index contributed by atoms with van der Waals surface area (Å²) in [4.78, 5) is 14.4. The normalized spacial score (nSPS) is 29.3. The summed E-state index contributed by atoms with van der Waals surface area (Å²) in [6.45, 7) is 5.60. The van der Waals surface area contributed by atoms with Crippen molar-refractivity contribution in [1.82, 2.24) is 10.2 Å². The molecule has 2 rings (SSSR count). The summed E-state index contributed by atoms with van der Waals surface area (Å²) in [5.74, 6) is 0.0283. The van der Waals surface area contributed by atoms with Crippen LogP contribution in [0.4, 0.5) is 0 Å². The zero-order chi connectivity index (χ0) is 13.7. The fraction of sp³-hybridized carbons (Fsp3) is 0.929. The van der Waals surface area contributed by atoms with E-state index in [2.05, 4.69) is 17.1 Å². The average molecular weight is 342 g/mol. The van der Waals surface area contributed by atoms with Crippen LogP contribution in [0, 0.1) is 0 Å². The highest BCUT2D eigenvalue weighted by Gasteiger charge is 2.29. The van der Waals surface area contributed by atoms with Gasteiger partial charge in [0.2, 0.25) is 5.91 Å². The number of likely N-dealkylation sites (tertiary alicyclic amines) is 1. The summed E-state index contributed by atoms with van der Waals surface area (Å²) in [5, 5.41) is 2.99. The van der Waals surface area contributed by atoms with Crippen molar-refractivity contribution in [3.05, 3.63) is 0 Å². The lowest BCUT2D eigenvalue weighted by Crippen LogP contribution is -2.44. The van der Waals surface area contributed by atoms with E-state index in [9.17, 15) is 4.79 Å². The molecule has 2 saturated heterocycles. The second-order valence-electron chi connectivity index (χ2n) is 5.73. The number of rotatable bonds is 5. The molecule has 1 unspecified atom stereocenters. The predicted octanol–water partition coefficient (Wildman–Crippen LogP) is 1.33. The quantitative estimate of drug-likeness (QED) is 0.791. The number of piperidine rings is 1. The largest absolute Gasteiger partial charge is 0.364 e. The Kier molecular flexibility index (Phi) is 10.6. The molecule has 0 aromatic heterocycles. The lowest BCUT2D eigenvalue weighted by molar-refractivity contribution is -0.131. The summed E-state index contributed by atoms with van der Waals surface area (Å²) < 4.78 is 5.59. The molecule has 2 fully saturated rings. The van der Waals surface area contributed by atoms with Gasteiger partial charge < -0.3 is 15.8 Å². The molecule has 2 heterocycles. The Morgan fingerprint density at radius 2 is 2.05 bits per heavy atom. The summed E-state index contributed by atoms with van der Waals surface area (Å²) in [5.41, 5.74) is 5.55. The summed E-state index contributed by atoms with van der Waals surface area (Å²) >= 11 is 0. The Balaban J connectivity index is 0.00000200. The monoisotopic (exact) mass is 341 g/mol. The predicted molar refractivity (Wildman–Crippen MR) is 89.3 cm³/mol. The number of ether oxygens (including phenoxy) is 1. The summed E-state index contributed by atoms with van der Waals surface area (Å²) in [6.07, 6.45) is 5.37. The molecule has 0 aliphatic carbocycles. The van der Waals surface area contributed by atoms with Gasteiger partial charge in [-0.25, -0.2) is 0 Å². The van der Waals surface area contributed by atoms with Crippen LogP contribution in [0.15, 0.2) is 0 Å². The van der Waals surface area contributed by atoms with Crippen LogP contribution in [0.2, 0.25) is 0 Å². The molecule has 7 heteroatoms. The van der Waals surface area contributed by atoms with Gasteiger partial charge in [0.25, 0.3) is 0 Å². The van der Waals surface area contributed by atoms with Crippen molar-refractivity contribution in [3.63, 3.8) is 0 Å². The number of amides is 1. The molecule has 2 aliphatic rings. The van der Waals surface area contributed by atoms with Crippen LogP contribution >= 0.6 is 24.8 Å². The molecule has 0 saturated carbocycles. The number of nitrogens with two attached hydrogens (primary N) is 1. The maximum atomic E-state index is 11.9. The molecule has 126 valence electrons. The maximum Gasteiger partial charge on any atom is 0.249 e. The zero-order valence-electron chi connectivity index (χ0n) is 12.8. The second kappa shape index (κ2) is 10.6. The smallest absolute Gasteiger partial charge is 0.249 e. The first kappa shape index (κ1) is 20.9. The Morgan fingerprint density at radius 1 is 1.29 bits per heavy atom. The van der Waals surface area contributed by atoms with Crippen molar-refractivity contribution in [2.24, 2.45) is 5.73 Å². The average Bonchev–Trinajstić information content (AvgIpc) is 2.90. The summed E-state index contributed by atoms with van der Waals surface area (Å²) in [7, 11) is 0. The van der Waals surface area contributed by atoms with Gasteiger partial charge in [0.15, 0.2) is 0 Å². The van der Waals surface area contributed by atoms with Crippen molar-refractivity contribution in [1.29, 1.82) is 0 Å². The maximum absolute atomic E-state index is 11.9. The molecule has 0 radical (unpaired) electrons. The van der Waals surface area contributed by atoms with Crippen LogP contribution in [-0.2, 0) is 9.53 Å². The van der Waals surface area contributed by atoms with Gasteiger partial charge in [0.1, 0.15) is 6.10 Å². The van der Waals surface area contributed by atoms with E-state index in [1.54, 1.807) is 0 Å². The third kappa shape index (κ3) is 6.28. The van der Waals surface area contributed by atoms with Gasteiger partial charge in [-0.2, -0.15) is 0 Å². The Bertz CT molecular complexity index is 308. The molecule has 0 bridgehead atoms. The fourth-order valence-corrected chi connectivity index (χ4v) is 3.00. The Labute approximate surface area is 140 Å². The number of hydrogen-bond donors (Lipinski definition) is 2. The van der Waals surface area contributed by atoms with Crippen LogP contribution in [0.5, 0.6) is 0 Å². The molecule has 0 spiro atoms. The third-order valence-electron chi connectivity index (χ3n) is 4.30. The highest BCUT2D eigenvalue weighted by molar-refractivity contribution is 5.85. The standard InChI is InChI=1S/C14H27N3O2.2ClH/c1-11-4-2-3-8-17(11)9-7-16-14(18)13-6-5-12(10-15)19-13;;/h11-13H,2-10,15H2,1H3,(H,16,18);2*1H/t11?,12-,13+;;/m1../s1. The van der Waals surface area contributed by atoms with Gasteiger partial charge >= 0.3 is 0 Å². The van der Waals surface area contributed by atoms with E-state index in [4.69, 9.17) is 10.5 Å². The number of nitrogens with one attached hydrogen (secondary N) is 1. The van der Waals surface area contributed by atoms with Gasteiger partial charge in [0.05, 0.1) is 6.10 Å². The number of nitrogens with zero attached hydrogens (tertiary/aromatic N) is 1. The molecule has 0 aromatic carbocycles. The van der Waals surface area contributed by atoms with Crippen LogP contribution in [0.1, 0.15) is 39.0 Å². The van der Waals surface area contributed by atoms with Gasteiger partial charge in [-0.15, -0.1) is 24.8 Å². The lowest BCUT2D eigenvalue weighted by Gasteiger charge is -2.33. The molecule has 5 nitrogen and oxygen atoms in total. The van der Waals surface area contributed by atoms with E-state index < -0.39 is 0 Å². The van der Waals surface area contributed by atoms with E-state index in [-0.39, 0.29) is 42.9 Å². The molecular weight excluding hydrogens is 313 g/mol. The van der Waals surface area contributed by atoms with Crippen molar-refractivity contribution in [2.75, 3.05) is 26.2 Å². The van der Waals surface area contributed by atoms with Crippen molar-refractivity contribution in [2.45, 2.75) is 57.3 Å². The van der Waals surface area contributed by atoms with Crippen LogP contribution in [0.25, 0.3) is 0 Å². The van der Waals surface area contributed by atoms with Crippen molar-refractivity contribution < 1.29 is 9.53 Å². The first-order valence-electron chi connectivity index (χ1n) is 7.58. The summed E-state index contributed by atoms with van der Waals surface area (Å²) in [6, 6.07) is 0.648. The molecular formula is C14H29Cl2N3O2. The second-order valence-corrected chi connectivity index (χ2v) is 5.73. The minimum absolute atomic E-state index is 0. The highest BCUT2D eigenvalue weighted by atomic mass is 35.5. The van der Waals surface area contributed by atoms with E-state index in [0.717, 1.165) is 32.5 Å². The van der Waals surface area contributed by atoms with Crippen LogP contribution in [0.3, 0.4) is 0 Å². The molecule has 1 amide bonds. The number of carbonyl (C=O) groups excluding carboxylic acids is 1. The van der Waals surface area contributed by atoms with Gasteiger partial charge in [-0.05, 0) is 39.2 Å². The van der Waals surface area contributed by atoms with Gasteiger partial charge in [-0.1, -0.05) is 6.42 Å². The lowest BCUT2D eigenvalue weighted by atomic mass is 10.0. The number of hydrogen-bond acceptors (Lipinski definition) is 4. The Morgan fingerprint density at radius 3 is 2.67 bits per heavy atom. The van der Waals surface area contributed by atoms with Gasteiger partial charge in [0, 0.05) is 25.7 Å². The van der Waals surface area contributed by atoms with Crippen LogP contribution < -0.4 is 11.1 Å². The van der Waals surface area contributed by atoms with Gasteiger partial charge in [-0.3, -0.25) is 9.69 Å². The van der Waals surface area contributed by atoms with Crippen molar-refractivity contribution >= 4 is 30.7 Å². The zero-order valence-corrected chi connectivity index (χ0v) is 14.4. The first-order valence-corrected chi connectivity index (χ1v) is 7.58. The molecule has 3 atom stereocenters. The SMILES string of the molecule is CC1CCCCN1CCNC(=O)[C@@H]1CC[C@H](CN)O1.Cl.Cl. The molecule has 0 aromatic rings. The fourth-order valence-electron chi connectivity index (χ4n) is 3.00. The number of halogens is 2. The minimum atomic E-state index is -0.285. The van der Waals surface area contributed by atoms with Crippen LogP contribution in [-0.4, -0.2) is 55.2 Å². The van der Waals surface area contributed by atoms with E-state index in [1.807, 2.05) is 0 Å². The van der Waals surface area contributed by atoms with E-state index in [0.29, 0.717) is 12.6 Å². The first-order chi connectivity index (χ1) is 9.20. The van der Waals surface area contributed by atoms with E-state index >= 15 is 0 Å².